The van der Waals surface area contributed by atoms with Gasteiger partial charge in [-0.25, -0.2) is 9.78 Å². The van der Waals surface area contributed by atoms with Crippen molar-refractivity contribution in [2.24, 2.45) is 0 Å². The van der Waals surface area contributed by atoms with Gasteiger partial charge in [0.05, 0.1) is 0 Å². The quantitative estimate of drug-likeness (QED) is 0.884. The molecule has 2 rings (SSSR count). The molecule has 1 aromatic carbocycles. The number of carboxylic acids is 1. The minimum Gasteiger partial charge on any atom is -0.476 e. The lowest BCUT2D eigenvalue weighted by Gasteiger charge is -2.12. The third-order valence-electron chi connectivity index (χ3n) is 2.68. The Kier molecular flexibility index (Phi) is 4.47. The number of aromatic nitrogens is 1. The molecule has 0 aliphatic rings. The second kappa shape index (κ2) is 6.29. The SMILES string of the molecule is CC(Cc1ccccc1)NC(=O)c1nc(C(=O)O)cs1. The van der Waals surface area contributed by atoms with Gasteiger partial charge in [0.2, 0.25) is 0 Å². The predicted octanol–water partition coefficient (Wildman–Crippen LogP) is 2.20. The van der Waals surface area contributed by atoms with Crippen molar-refractivity contribution in [2.45, 2.75) is 19.4 Å². The number of nitrogens with zero attached hydrogens (tertiary/aromatic N) is 1. The van der Waals surface area contributed by atoms with Gasteiger partial charge in [0.1, 0.15) is 0 Å². The predicted molar refractivity (Wildman–Crippen MR) is 76.1 cm³/mol. The van der Waals surface area contributed by atoms with E-state index in [1.165, 1.54) is 5.38 Å². The van der Waals surface area contributed by atoms with E-state index in [-0.39, 0.29) is 22.7 Å². The number of thiazole rings is 1. The summed E-state index contributed by atoms with van der Waals surface area (Å²) in [6.07, 6.45) is 0.712. The highest BCUT2D eigenvalue weighted by Gasteiger charge is 2.16. The summed E-state index contributed by atoms with van der Waals surface area (Å²) in [5.41, 5.74) is 1.03. The third-order valence-corrected chi connectivity index (χ3v) is 3.52. The van der Waals surface area contributed by atoms with Crippen LogP contribution in [0, 0.1) is 0 Å². The first-order valence-corrected chi connectivity index (χ1v) is 6.98. The van der Waals surface area contributed by atoms with Crippen LogP contribution in [0.15, 0.2) is 35.7 Å². The Morgan fingerprint density at radius 3 is 2.65 bits per heavy atom. The molecule has 0 saturated heterocycles. The monoisotopic (exact) mass is 290 g/mol. The standard InChI is InChI=1S/C14H14N2O3S/c1-9(7-10-5-3-2-4-6-10)15-12(17)13-16-11(8-20-13)14(18)19/h2-6,8-9H,7H2,1H3,(H,15,17)(H,18,19). The first kappa shape index (κ1) is 14.2. The average Bonchev–Trinajstić information content (AvgIpc) is 2.89. The maximum Gasteiger partial charge on any atom is 0.355 e. The van der Waals surface area contributed by atoms with Crippen LogP contribution >= 0.6 is 11.3 Å². The van der Waals surface area contributed by atoms with Gasteiger partial charge in [0, 0.05) is 11.4 Å². The van der Waals surface area contributed by atoms with Crippen LogP contribution in [0.2, 0.25) is 0 Å². The molecule has 1 aromatic heterocycles. The summed E-state index contributed by atoms with van der Waals surface area (Å²) in [7, 11) is 0. The van der Waals surface area contributed by atoms with Crippen LogP contribution in [0.4, 0.5) is 0 Å². The van der Waals surface area contributed by atoms with E-state index in [0.29, 0.717) is 6.42 Å². The Morgan fingerprint density at radius 1 is 1.35 bits per heavy atom. The van der Waals surface area contributed by atoms with Gasteiger partial charge >= 0.3 is 5.97 Å². The van der Waals surface area contributed by atoms with Crippen LogP contribution in [0.25, 0.3) is 0 Å². The van der Waals surface area contributed by atoms with Crippen molar-refractivity contribution >= 4 is 23.2 Å². The Morgan fingerprint density at radius 2 is 2.05 bits per heavy atom. The van der Waals surface area contributed by atoms with E-state index in [0.717, 1.165) is 16.9 Å². The molecule has 2 N–H and O–H groups in total. The van der Waals surface area contributed by atoms with Crippen molar-refractivity contribution in [3.05, 3.63) is 52.0 Å². The largest absolute Gasteiger partial charge is 0.476 e. The zero-order valence-electron chi connectivity index (χ0n) is 10.9. The summed E-state index contributed by atoms with van der Waals surface area (Å²) in [5.74, 6) is -1.47. The Balaban J connectivity index is 1.95. The van der Waals surface area contributed by atoms with Crippen molar-refractivity contribution in [3.63, 3.8) is 0 Å². The molecule has 0 fully saturated rings. The molecule has 0 aliphatic carbocycles. The normalized spacial score (nSPS) is 11.8. The number of carboxylic acid groups (broad SMARTS) is 1. The van der Waals surface area contributed by atoms with Crippen LogP contribution in [0.5, 0.6) is 0 Å². The molecule has 6 heteroatoms. The van der Waals surface area contributed by atoms with Gasteiger partial charge < -0.3 is 10.4 Å². The maximum absolute atomic E-state index is 11.9. The van der Waals surface area contributed by atoms with Crippen molar-refractivity contribution in [1.82, 2.24) is 10.3 Å². The highest BCUT2D eigenvalue weighted by molar-refractivity contribution is 7.11. The molecular formula is C14H14N2O3S. The van der Waals surface area contributed by atoms with Crippen LogP contribution in [-0.2, 0) is 6.42 Å². The fourth-order valence-corrected chi connectivity index (χ4v) is 2.47. The van der Waals surface area contributed by atoms with Crippen LogP contribution in [-0.4, -0.2) is 28.0 Å². The number of nitrogens with one attached hydrogen (secondary N) is 1. The first-order valence-electron chi connectivity index (χ1n) is 6.10. The molecule has 2 aromatic rings. The number of hydrogen-bond acceptors (Lipinski definition) is 4. The van der Waals surface area contributed by atoms with E-state index in [4.69, 9.17) is 5.11 Å². The molecular weight excluding hydrogens is 276 g/mol. The molecule has 1 atom stereocenters. The Bertz CT molecular complexity index is 610. The first-order chi connectivity index (χ1) is 9.56. The smallest absolute Gasteiger partial charge is 0.355 e. The minimum atomic E-state index is -1.13. The molecule has 0 spiro atoms. The highest BCUT2D eigenvalue weighted by atomic mass is 32.1. The highest BCUT2D eigenvalue weighted by Crippen LogP contribution is 2.10. The Labute approximate surface area is 120 Å². The molecule has 0 aliphatic heterocycles. The lowest BCUT2D eigenvalue weighted by atomic mass is 10.1. The van der Waals surface area contributed by atoms with Crippen molar-refractivity contribution in [1.29, 1.82) is 0 Å². The van der Waals surface area contributed by atoms with Crippen molar-refractivity contribution in [2.75, 3.05) is 0 Å². The lowest BCUT2D eigenvalue weighted by molar-refractivity contribution is 0.0691. The van der Waals surface area contributed by atoms with Gasteiger partial charge in [-0.3, -0.25) is 4.79 Å². The molecule has 0 bridgehead atoms. The molecule has 1 heterocycles. The Hall–Kier alpha value is -2.21. The molecule has 1 amide bonds. The molecule has 0 radical (unpaired) electrons. The fourth-order valence-electron chi connectivity index (χ4n) is 1.78. The summed E-state index contributed by atoms with van der Waals surface area (Å²) in [4.78, 5) is 26.4. The number of rotatable bonds is 5. The summed E-state index contributed by atoms with van der Waals surface area (Å²) < 4.78 is 0. The number of aromatic carboxylic acids is 1. The second-order valence-electron chi connectivity index (χ2n) is 4.41. The maximum atomic E-state index is 11.9. The second-order valence-corrected chi connectivity index (χ2v) is 5.27. The van der Waals surface area contributed by atoms with E-state index < -0.39 is 5.97 Å². The molecule has 5 nitrogen and oxygen atoms in total. The minimum absolute atomic E-state index is 0.0536. The number of hydrogen-bond donors (Lipinski definition) is 2. The van der Waals surface area contributed by atoms with Crippen LogP contribution in [0.3, 0.4) is 0 Å². The third kappa shape index (κ3) is 3.64. The summed E-state index contributed by atoms with van der Waals surface area (Å²) in [5, 5.41) is 13.1. The fraction of sp³-hybridized carbons (Fsp3) is 0.214. The molecule has 0 saturated carbocycles. The number of carbonyl (C=O) groups is 2. The lowest BCUT2D eigenvalue weighted by Crippen LogP contribution is -2.34. The zero-order chi connectivity index (χ0) is 14.5. The van der Waals surface area contributed by atoms with Gasteiger partial charge in [0.15, 0.2) is 10.7 Å². The van der Waals surface area contributed by atoms with E-state index >= 15 is 0 Å². The number of amides is 1. The van der Waals surface area contributed by atoms with E-state index in [1.807, 2.05) is 37.3 Å². The average molecular weight is 290 g/mol. The summed E-state index contributed by atoms with van der Waals surface area (Å²) in [6.45, 7) is 1.90. The molecule has 1 unspecified atom stereocenters. The van der Waals surface area contributed by atoms with E-state index in [1.54, 1.807) is 0 Å². The van der Waals surface area contributed by atoms with Gasteiger partial charge in [-0.2, -0.15) is 0 Å². The van der Waals surface area contributed by atoms with Gasteiger partial charge in [-0.15, -0.1) is 11.3 Å². The van der Waals surface area contributed by atoms with Gasteiger partial charge in [-0.05, 0) is 18.9 Å². The van der Waals surface area contributed by atoms with E-state index in [9.17, 15) is 9.59 Å². The van der Waals surface area contributed by atoms with Crippen LogP contribution in [0.1, 0.15) is 32.8 Å². The van der Waals surface area contributed by atoms with E-state index in [2.05, 4.69) is 10.3 Å². The molecule has 20 heavy (non-hydrogen) atoms. The number of benzene rings is 1. The zero-order valence-corrected chi connectivity index (χ0v) is 11.7. The summed E-state index contributed by atoms with van der Waals surface area (Å²) in [6, 6.07) is 9.77. The number of carbonyl (C=O) groups excluding carboxylic acids is 1. The van der Waals surface area contributed by atoms with Crippen LogP contribution < -0.4 is 5.32 Å². The van der Waals surface area contributed by atoms with Crippen molar-refractivity contribution < 1.29 is 14.7 Å². The van der Waals surface area contributed by atoms with Gasteiger partial charge in [-0.1, -0.05) is 30.3 Å². The van der Waals surface area contributed by atoms with Gasteiger partial charge in [0.25, 0.3) is 5.91 Å². The summed E-state index contributed by atoms with van der Waals surface area (Å²) >= 11 is 1.03. The molecule has 104 valence electrons. The topological polar surface area (TPSA) is 79.3 Å². The van der Waals surface area contributed by atoms with Crippen molar-refractivity contribution in [3.8, 4) is 0 Å².